The molecule has 0 spiro atoms. The molecule has 1 aliphatic rings. The topological polar surface area (TPSA) is 66.0 Å². The largest absolute Gasteiger partial charge is 0.352 e. The second-order valence-corrected chi connectivity index (χ2v) is 5.84. The van der Waals surface area contributed by atoms with Crippen molar-refractivity contribution in [2.75, 3.05) is 6.54 Å². The summed E-state index contributed by atoms with van der Waals surface area (Å²) in [5.74, 6) is -0.106. The minimum Gasteiger partial charge on any atom is -0.352 e. The van der Waals surface area contributed by atoms with E-state index < -0.39 is 12.6 Å². The first-order valence-corrected chi connectivity index (χ1v) is 8.26. The molecule has 0 aliphatic carbocycles. The number of carbonyl (C=O) groups is 1. The van der Waals surface area contributed by atoms with Gasteiger partial charge in [0.1, 0.15) is 0 Å². The zero-order valence-corrected chi connectivity index (χ0v) is 14.2. The van der Waals surface area contributed by atoms with Crippen LogP contribution in [0, 0.1) is 6.92 Å². The van der Waals surface area contributed by atoms with E-state index in [1.807, 2.05) is 38.1 Å². The third-order valence-corrected chi connectivity index (χ3v) is 3.79. The van der Waals surface area contributed by atoms with Crippen LogP contribution >= 0.6 is 0 Å². The van der Waals surface area contributed by atoms with Gasteiger partial charge in [0.2, 0.25) is 12.6 Å². The number of amides is 1. The van der Waals surface area contributed by atoms with Gasteiger partial charge >= 0.3 is 0 Å². The fourth-order valence-corrected chi connectivity index (χ4v) is 2.31. The zero-order valence-electron chi connectivity index (χ0n) is 14.2. The summed E-state index contributed by atoms with van der Waals surface area (Å²) in [5, 5.41) is 2.82. The van der Waals surface area contributed by atoms with E-state index in [0.29, 0.717) is 17.7 Å². The molecule has 0 radical (unpaired) electrons. The molecule has 0 saturated carbocycles. The SMILES string of the molecule is CCCNC(=O)c1ccc(C2OOC(c3ccc(C)cc3)OO2)cc1. The fourth-order valence-electron chi connectivity index (χ4n) is 2.31. The van der Waals surface area contributed by atoms with Gasteiger partial charge in [-0.25, -0.2) is 0 Å². The molecule has 0 aromatic heterocycles. The molecule has 1 heterocycles. The van der Waals surface area contributed by atoms with E-state index >= 15 is 0 Å². The Labute approximate surface area is 146 Å². The lowest BCUT2D eigenvalue weighted by Gasteiger charge is -2.27. The summed E-state index contributed by atoms with van der Waals surface area (Å²) in [7, 11) is 0. The lowest BCUT2D eigenvalue weighted by molar-refractivity contribution is -0.600. The van der Waals surface area contributed by atoms with Crippen LogP contribution in [0.1, 0.15) is 53.0 Å². The monoisotopic (exact) mass is 343 g/mol. The minimum atomic E-state index is -0.811. The summed E-state index contributed by atoms with van der Waals surface area (Å²) < 4.78 is 0. The maximum Gasteiger partial charge on any atom is 0.251 e. The molecule has 25 heavy (non-hydrogen) atoms. The van der Waals surface area contributed by atoms with Crippen molar-refractivity contribution in [1.82, 2.24) is 5.32 Å². The number of hydrogen-bond acceptors (Lipinski definition) is 5. The Kier molecular flexibility index (Phi) is 5.78. The number of rotatable bonds is 5. The Bertz CT molecular complexity index is 691. The Morgan fingerprint density at radius 3 is 1.84 bits per heavy atom. The van der Waals surface area contributed by atoms with Gasteiger partial charge in [0.25, 0.3) is 5.91 Å². The zero-order chi connectivity index (χ0) is 17.6. The first-order chi connectivity index (χ1) is 12.2. The van der Waals surface area contributed by atoms with Gasteiger partial charge in [-0.05, 0) is 25.5 Å². The molecule has 1 N–H and O–H groups in total. The number of aryl methyl sites for hydroxylation is 1. The van der Waals surface area contributed by atoms with E-state index in [1.165, 1.54) is 0 Å². The van der Waals surface area contributed by atoms with Gasteiger partial charge in [0.05, 0.1) is 0 Å². The Morgan fingerprint density at radius 1 is 0.880 bits per heavy atom. The van der Waals surface area contributed by atoms with Crippen molar-refractivity contribution in [3.63, 3.8) is 0 Å². The normalized spacial score (nSPS) is 20.2. The van der Waals surface area contributed by atoms with Crippen molar-refractivity contribution in [2.45, 2.75) is 32.8 Å². The van der Waals surface area contributed by atoms with Crippen LogP contribution < -0.4 is 5.32 Å². The molecule has 1 aliphatic heterocycles. The first-order valence-electron chi connectivity index (χ1n) is 8.26. The van der Waals surface area contributed by atoms with Gasteiger partial charge in [0, 0.05) is 23.2 Å². The van der Waals surface area contributed by atoms with Crippen molar-refractivity contribution in [2.24, 2.45) is 0 Å². The smallest absolute Gasteiger partial charge is 0.251 e. The third-order valence-electron chi connectivity index (χ3n) is 3.79. The molecule has 2 aromatic carbocycles. The fraction of sp³-hybridized carbons (Fsp3) is 0.316. The third kappa shape index (κ3) is 4.43. The Hall–Kier alpha value is -2.25. The van der Waals surface area contributed by atoms with Crippen LogP contribution in [0.3, 0.4) is 0 Å². The predicted octanol–water partition coefficient (Wildman–Crippen LogP) is 3.74. The minimum absolute atomic E-state index is 0.106. The molecule has 132 valence electrons. The molecule has 3 rings (SSSR count). The maximum atomic E-state index is 11.9. The highest BCUT2D eigenvalue weighted by atomic mass is 17.4. The van der Waals surface area contributed by atoms with E-state index in [-0.39, 0.29) is 5.91 Å². The van der Waals surface area contributed by atoms with Crippen LogP contribution in [0.15, 0.2) is 48.5 Å². The summed E-state index contributed by atoms with van der Waals surface area (Å²) >= 11 is 0. The van der Waals surface area contributed by atoms with Gasteiger partial charge in [-0.3, -0.25) is 4.79 Å². The molecular formula is C19H21NO5. The molecule has 0 bridgehead atoms. The summed E-state index contributed by atoms with van der Waals surface area (Å²) in [4.78, 5) is 33.0. The highest BCUT2D eigenvalue weighted by molar-refractivity contribution is 5.94. The van der Waals surface area contributed by atoms with Crippen LogP contribution in [-0.4, -0.2) is 12.5 Å². The highest BCUT2D eigenvalue weighted by Crippen LogP contribution is 2.32. The highest BCUT2D eigenvalue weighted by Gasteiger charge is 2.28. The predicted molar refractivity (Wildman–Crippen MR) is 90.1 cm³/mol. The standard InChI is InChI=1S/C19H21NO5/c1-3-12-20-17(21)14-8-10-16(11-9-14)19-24-22-18(23-25-19)15-6-4-13(2)5-7-15/h4-11,18-19H,3,12H2,1-2H3,(H,20,21). The summed E-state index contributed by atoms with van der Waals surface area (Å²) in [6.45, 7) is 4.66. The van der Waals surface area contributed by atoms with Crippen molar-refractivity contribution in [3.8, 4) is 0 Å². The van der Waals surface area contributed by atoms with Crippen molar-refractivity contribution < 1.29 is 24.3 Å². The van der Waals surface area contributed by atoms with E-state index in [2.05, 4.69) is 5.32 Å². The van der Waals surface area contributed by atoms with E-state index in [0.717, 1.165) is 17.5 Å². The molecule has 1 fully saturated rings. The van der Waals surface area contributed by atoms with Gasteiger partial charge in [-0.2, -0.15) is 19.6 Å². The van der Waals surface area contributed by atoms with Crippen LogP contribution in [-0.2, 0) is 19.6 Å². The average molecular weight is 343 g/mol. The molecule has 6 heteroatoms. The van der Waals surface area contributed by atoms with Gasteiger partial charge in [0.15, 0.2) is 0 Å². The number of benzene rings is 2. The van der Waals surface area contributed by atoms with E-state index in [4.69, 9.17) is 19.6 Å². The van der Waals surface area contributed by atoms with Gasteiger partial charge < -0.3 is 5.32 Å². The second-order valence-electron chi connectivity index (χ2n) is 5.84. The first kappa shape index (κ1) is 17.6. The summed E-state index contributed by atoms with van der Waals surface area (Å²) in [6.07, 6.45) is -0.657. The number of nitrogens with one attached hydrogen (secondary N) is 1. The van der Waals surface area contributed by atoms with Crippen LogP contribution in [0.2, 0.25) is 0 Å². The van der Waals surface area contributed by atoms with Crippen molar-refractivity contribution in [1.29, 1.82) is 0 Å². The van der Waals surface area contributed by atoms with Crippen LogP contribution in [0.5, 0.6) is 0 Å². The number of carbonyl (C=O) groups excluding carboxylic acids is 1. The Balaban J connectivity index is 1.57. The molecule has 1 amide bonds. The van der Waals surface area contributed by atoms with Gasteiger partial charge in [-0.1, -0.05) is 48.9 Å². The molecule has 1 saturated heterocycles. The lowest BCUT2D eigenvalue weighted by Crippen LogP contribution is -2.24. The summed E-state index contributed by atoms with van der Waals surface area (Å²) in [6, 6.07) is 14.6. The second kappa shape index (κ2) is 8.22. The Morgan fingerprint density at radius 2 is 1.36 bits per heavy atom. The van der Waals surface area contributed by atoms with Crippen LogP contribution in [0.25, 0.3) is 0 Å². The van der Waals surface area contributed by atoms with E-state index in [1.54, 1.807) is 24.3 Å². The van der Waals surface area contributed by atoms with Crippen molar-refractivity contribution >= 4 is 5.91 Å². The molecule has 2 aromatic rings. The molecule has 0 unspecified atom stereocenters. The molecular weight excluding hydrogens is 322 g/mol. The average Bonchev–Trinajstić information content (AvgIpc) is 2.67. The van der Waals surface area contributed by atoms with Gasteiger partial charge in [-0.15, -0.1) is 0 Å². The molecule has 6 nitrogen and oxygen atoms in total. The van der Waals surface area contributed by atoms with Crippen molar-refractivity contribution in [3.05, 3.63) is 70.8 Å². The van der Waals surface area contributed by atoms with E-state index in [9.17, 15) is 4.79 Å². The maximum absolute atomic E-state index is 11.9. The summed E-state index contributed by atoms with van der Waals surface area (Å²) in [5.41, 5.74) is 3.20. The number of hydrogen-bond donors (Lipinski definition) is 1. The molecule has 0 atom stereocenters. The quantitative estimate of drug-likeness (QED) is 0.838. The van der Waals surface area contributed by atoms with Crippen LogP contribution in [0.4, 0.5) is 0 Å². The lowest BCUT2D eigenvalue weighted by atomic mass is 10.1.